The van der Waals surface area contributed by atoms with Gasteiger partial charge in [0.2, 0.25) is 0 Å². The molecular weight excluding hydrogens is 336 g/mol. The van der Waals surface area contributed by atoms with Gasteiger partial charge in [-0.15, -0.1) is 0 Å². The molecule has 2 aliphatic heterocycles. The van der Waals surface area contributed by atoms with Crippen LogP contribution in [0.25, 0.3) is 0 Å². The monoisotopic (exact) mass is 364 g/mol. The lowest BCUT2D eigenvalue weighted by molar-refractivity contribution is -0.287. The highest BCUT2D eigenvalue weighted by molar-refractivity contribution is 5.66. The Balaban J connectivity index is 1.76. The van der Waals surface area contributed by atoms with Gasteiger partial charge in [0.1, 0.15) is 24.4 Å². The summed E-state index contributed by atoms with van der Waals surface area (Å²) in [5.74, 6) is -0.556. The van der Waals surface area contributed by atoms with Crippen LogP contribution in [0.15, 0.2) is 11.6 Å². The standard InChI is InChI=1S/C20H28O6/c1-12-5-8-19(10-23-13(2)21)16(9-12)26-17-15(25-14(3)22)6-7-18(19,4)20(17)11-24-20/h9,15-17H,5-8,10-11H2,1-4H3/t15-,16-,17-,18-,19-,20-/m1/s1. The average molecular weight is 364 g/mol. The minimum Gasteiger partial charge on any atom is -0.465 e. The van der Waals surface area contributed by atoms with Gasteiger partial charge < -0.3 is 18.9 Å². The Kier molecular flexibility index (Phi) is 4.01. The van der Waals surface area contributed by atoms with Gasteiger partial charge in [-0.25, -0.2) is 0 Å². The van der Waals surface area contributed by atoms with Gasteiger partial charge in [0.15, 0.2) is 0 Å². The first-order chi connectivity index (χ1) is 12.2. The maximum Gasteiger partial charge on any atom is 0.302 e. The van der Waals surface area contributed by atoms with Gasteiger partial charge in [-0.2, -0.15) is 0 Å². The Bertz CT molecular complexity index is 665. The van der Waals surface area contributed by atoms with Crippen LogP contribution in [-0.4, -0.2) is 49.1 Å². The zero-order chi connectivity index (χ0) is 18.7. The molecule has 26 heavy (non-hydrogen) atoms. The summed E-state index contributed by atoms with van der Waals surface area (Å²) in [7, 11) is 0. The van der Waals surface area contributed by atoms with E-state index in [9.17, 15) is 9.59 Å². The van der Waals surface area contributed by atoms with Gasteiger partial charge >= 0.3 is 11.9 Å². The van der Waals surface area contributed by atoms with Crippen LogP contribution >= 0.6 is 0 Å². The largest absolute Gasteiger partial charge is 0.465 e. The van der Waals surface area contributed by atoms with Crippen molar-refractivity contribution in [1.82, 2.24) is 0 Å². The molecule has 1 saturated carbocycles. The lowest BCUT2D eigenvalue weighted by Gasteiger charge is -2.64. The van der Waals surface area contributed by atoms with Gasteiger partial charge in [0.25, 0.3) is 0 Å². The predicted molar refractivity (Wildman–Crippen MR) is 92.3 cm³/mol. The molecule has 2 heterocycles. The molecule has 4 aliphatic rings. The molecule has 4 rings (SSSR count). The van der Waals surface area contributed by atoms with Crippen LogP contribution in [0.2, 0.25) is 0 Å². The molecule has 6 heteroatoms. The maximum absolute atomic E-state index is 11.6. The third-order valence-electron chi connectivity index (χ3n) is 7.30. The topological polar surface area (TPSA) is 74.4 Å². The highest BCUT2D eigenvalue weighted by atomic mass is 16.6. The number of esters is 2. The third kappa shape index (κ3) is 2.31. The Hall–Kier alpha value is -1.40. The van der Waals surface area contributed by atoms with Crippen molar-refractivity contribution in [2.24, 2.45) is 10.8 Å². The minimum absolute atomic E-state index is 0.168. The van der Waals surface area contributed by atoms with Gasteiger partial charge in [-0.3, -0.25) is 9.59 Å². The molecular formula is C20H28O6. The summed E-state index contributed by atoms with van der Waals surface area (Å²) in [5, 5.41) is 0. The van der Waals surface area contributed by atoms with Crippen LogP contribution in [0.5, 0.6) is 0 Å². The number of hydrogen-bond donors (Lipinski definition) is 0. The predicted octanol–water partition coefficient (Wildman–Crippen LogP) is 2.54. The Morgan fingerprint density at radius 3 is 2.62 bits per heavy atom. The van der Waals surface area contributed by atoms with Gasteiger partial charge in [0.05, 0.1) is 12.7 Å². The molecule has 6 nitrogen and oxygen atoms in total. The fourth-order valence-corrected chi connectivity index (χ4v) is 5.70. The van der Waals surface area contributed by atoms with Crippen molar-refractivity contribution in [3.8, 4) is 0 Å². The minimum atomic E-state index is -0.457. The summed E-state index contributed by atoms with van der Waals surface area (Å²) < 4.78 is 23.7. The van der Waals surface area contributed by atoms with Crippen LogP contribution < -0.4 is 0 Å². The van der Waals surface area contributed by atoms with Crippen molar-refractivity contribution in [2.75, 3.05) is 13.2 Å². The molecule has 2 saturated heterocycles. The van der Waals surface area contributed by atoms with E-state index in [1.165, 1.54) is 19.4 Å². The van der Waals surface area contributed by atoms with Crippen LogP contribution in [0, 0.1) is 10.8 Å². The van der Waals surface area contributed by atoms with E-state index in [1.54, 1.807) is 0 Å². The highest BCUT2D eigenvalue weighted by Crippen LogP contribution is 2.70. The number of hydrogen-bond acceptors (Lipinski definition) is 6. The summed E-state index contributed by atoms with van der Waals surface area (Å²) in [6, 6.07) is 0. The molecule has 0 amide bonds. The average Bonchev–Trinajstić information content (AvgIpc) is 3.34. The van der Waals surface area contributed by atoms with Gasteiger partial charge in [-0.05, 0) is 32.6 Å². The molecule has 3 fully saturated rings. The molecule has 2 aliphatic carbocycles. The second kappa shape index (κ2) is 5.80. The van der Waals surface area contributed by atoms with E-state index in [1.807, 2.05) is 0 Å². The molecule has 0 N–H and O–H groups in total. The normalized spacial score (nSPS) is 46.2. The molecule has 2 bridgehead atoms. The van der Waals surface area contributed by atoms with E-state index in [-0.39, 0.29) is 41.1 Å². The lowest BCUT2D eigenvalue weighted by Crippen LogP contribution is -2.72. The van der Waals surface area contributed by atoms with Gasteiger partial charge in [0, 0.05) is 24.7 Å². The molecule has 1 spiro atoms. The van der Waals surface area contributed by atoms with E-state index in [4.69, 9.17) is 18.9 Å². The number of epoxide rings is 1. The number of carbonyl (C=O) groups is 2. The maximum atomic E-state index is 11.6. The smallest absolute Gasteiger partial charge is 0.302 e. The van der Waals surface area contributed by atoms with Crippen molar-refractivity contribution < 1.29 is 28.5 Å². The number of allylic oxidation sites excluding steroid dienone is 1. The molecule has 0 aromatic rings. The Morgan fingerprint density at radius 2 is 2.00 bits per heavy atom. The second-order valence-electron chi connectivity index (χ2n) is 8.62. The zero-order valence-electron chi connectivity index (χ0n) is 16.0. The first-order valence-electron chi connectivity index (χ1n) is 9.51. The Morgan fingerprint density at radius 1 is 1.27 bits per heavy atom. The molecule has 6 atom stereocenters. The number of ether oxygens (including phenoxy) is 4. The molecule has 144 valence electrons. The van der Waals surface area contributed by atoms with Crippen LogP contribution in [0.1, 0.15) is 53.4 Å². The van der Waals surface area contributed by atoms with E-state index < -0.39 is 5.60 Å². The number of fused-ring (bicyclic) bond motifs is 2. The highest BCUT2D eigenvalue weighted by Gasteiger charge is 2.79. The van der Waals surface area contributed by atoms with E-state index in [0.29, 0.717) is 13.2 Å². The summed E-state index contributed by atoms with van der Waals surface area (Å²) in [4.78, 5) is 23.2. The van der Waals surface area contributed by atoms with E-state index >= 15 is 0 Å². The third-order valence-corrected chi connectivity index (χ3v) is 7.30. The van der Waals surface area contributed by atoms with Crippen molar-refractivity contribution in [3.05, 3.63) is 11.6 Å². The summed E-state index contributed by atoms with van der Waals surface area (Å²) in [5.41, 5.74) is 0.316. The van der Waals surface area contributed by atoms with Crippen LogP contribution in [0.3, 0.4) is 0 Å². The summed E-state index contributed by atoms with van der Waals surface area (Å²) in [6.45, 7) is 8.19. The molecule has 0 radical (unpaired) electrons. The fraction of sp³-hybridized carbons (Fsp3) is 0.800. The molecule has 0 aromatic heterocycles. The second-order valence-corrected chi connectivity index (χ2v) is 8.62. The SMILES string of the molecule is CC(=O)OC[C@]12CCC(C)=C[C@H]1O[C@@H]1[C@H](OC(C)=O)CC[C@@]2(C)[C@@]12CO2. The van der Waals surface area contributed by atoms with Crippen molar-refractivity contribution in [3.63, 3.8) is 0 Å². The van der Waals surface area contributed by atoms with Gasteiger partial charge in [-0.1, -0.05) is 18.6 Å². The lowest BCUT2D eigenvalue weighted by atomic mass is 9.46. The first kappa shape index (κ1) is 18.0. The van der Waals surface area contributed by atoms with Crippen molar-refractivity contribution >= 4 is 11.9 Å². The Labute approximate surface area is 154 Å². The van der Waals surface area contributed by atoms with Crippen LogP contribution in [-0.2, 0) is 28.5 Å². The fourth-order valence-electron chi connectivity index (χ4n) is 5.70. The zero-order valence-corrected chi connectivity index (χ0v) is 16.0. The molecule has 0 unspecified atom stereocenters. The van der Waals surface area contributed by atoms with E-state index in [0.717, 1.165) is 25.7 Å². The quantitative estimate of drug-likeness (QED) is 0.435. The molecule has 0 aromatic carbocycles. The first-order valence-corrected chi connectivity index (χ1v) is 9.51. The van der Waals surface area contributed by atoms with E-state index in [2.05, 4.69) is 19.9 Å². The van der Waals surface area contributed by atoms with Crippen molar-refractivity contribution in [2.45, 2.75) is 77.3 Å². The number of carbonyl (C=O) groups excluding carboxylic acids is 2. The van der Waals surface area contributed by atoms with Crippen LogP contribution in [0.4, 0.5) is 0 Å². The summed E-state index contributed by atoms with van der Waals surface area (Å²) >= 11 is 0. The summed E-state index contributed by atoms with van der Waals surface area (Å²) in [6.07, 6.45) is 4.90. The number of rotatable bonds is 3. The van der Waals surface area contributed by atoms with Crippen molar-refractivity contribution in [1.29, 1.82) is 0 Å².